The zero-order chi connectivity index (χ0) is 11.9. The first kappa shape index (κ1) is 16.5. The van der Waals surface area contributed by atoms with Crippen LogP contribution in [0.3, 0.4) is 0 Å². The van der Waals surface area contributed by atoms with Crippen molar-refractivity contribution >= 4 is 30.6 Å². The molecule has 0 saturated carbocycles. The van der Waals surface area contributed by atoms with E-state index in [9.17, 15) is 0 Å². The maximum Gasteiger partial charge on any atom is 0.136 e. The van der Waals surface area contributed by atoms with Crippen LogP contribution in [-0.4, -0.2) is 36.1 Å². The number of hydrogen-bond donors (Lipinski definition) is 1. The lowest BCUT2D eigenvalue weighted by molar-refractivity contribution is 0.515. The molecule has 0 unspecified atom stereocenters. The molecule has 0 radical (unpaired) electrons. The highest BCUT2D eigenvalue weighted by Crippen LogP contribution is 2.41. The number of nitrogens with zero attached hydrogens (tertiary/aromatic N) is 3. The van der Waals surface area contributed by atoms with Gasteiger partial charge in [-0.05, 0) is 18.3 Å². The molecule has 1 fully saturated rings. The lowest BCUT2D eigenvalue weighted by Gasteiger charge is -2.32. The molecule has 1 aliphatic carbocycles. The quantitative estimate of drug-likeness (QED) is 0.861. The van der Waals surface area contributed by atoms with E-state index in [0.717, 1.165) is 32.6 Å². The topological polar surface area (TPSA) is 41.1 Å². The van der Waals surface area contributed by atoms with E-state index in [1.165, 1.54) is 23.5 Å². The van der Waals surface area contributed by atoms with Gasteiger partial charge < -0.3 is 10.2 Å². The van der Waals surface area contributed by atoms with E-state index in [-0.39, 0.29) is 30.2 Å². The molecule has 0 atom stereocenters. The first-order chi connectivity index (χ1) is 8.18. The monoisotopic (exact) mass is 304 g/mol. The number of rotatable bonds is 1. The largest absolute Gasteiger partial charge is 0.354 e. The Kier molecular flexibility index (Phi) is 5.42. The summed E-state index contributed by atoms with van der Waals surface area (Å²) >= 11 is 0. The Balaban J connectivity index is 0.000000902. The second kappa shape index (κ2) is 6.25. The average molecular weight is 305 g/mol. The highest BCUT2D eigenvalue weighted by atomic mass is 35.5. The lowest BCUT2D eigenvalue weighted by atomic mass is 9.87. The summed E-state index contributed by atoms with van der Waals surface area (Å²) in [6.07, 6.45) is 4.03. The third-order valence-electron chi connectivity index (χ3n) is 3.99. The van der Waals surface area contributed by atoms with Gasteiger partial charge in [-0.3, -0.25) is 0 Å². The molecule has 1 saturated heterocycles. The first-order valence-corrected chi connectivity index (χ1v) is 6.48. The van der Waals surface area contributed by atoms with Crippen molar-refractivity contribution in [2.75, 3.05) is 31.1 Å². The Labute approximate surface area is 127 Å². The van der Waals surface area contributed by atoms with Crippen molar-refractivity contribution < 1.29 is 0 Å². The predicted molar refractivity (Wildman–Crippen MR) is 83.0 cm³/mol. The van der Waals surface area contributed by atoms with Gasteiger partial charge in [0.2, 0.25) is 0 Å². The molecule has 4 nitrogen and oxygen atoms in total. The van der Waals surface area contributed by atoms with Gasteiger partial charge in [-0.25, -0.2) is 9.97 Å². The van der Waals surface area contributed by atoms with Crippen LogP contribution < -0.4 is 10.2 Å². The van der Waals surface area contributed by atoms with Crippen LogP contribution in [-0.2, 0) is 11.8 Å². The first-order valence-electron chi connectivity index (χ1n) is 6.48. The standard InChI is InChI=1S/C13H20N4.2ClH/c1-13(2)4-3-10-11(13)12(16-9-15-10)17-7-5-14-6-8-17;;/h9,14H,3-8H2,1-2H3;2*1H. The van der Waals surface area contributed by atoms with E-state index in [1.54, 1.807) is 6.33 Å². The molecule has 0 bridgehead atoms. The number of fused-ring (bicyclic) bond motifs is 1. The predicted octanol–water partition coefficient (Wildman–Crippen LogP) is 1.95. The highest BCUT2D eigenvalue weighted by molar-refractivity contribution is 5.85. The van der Waals surface area contributed by atoms with Crippen LogP contribution in [0.25, 0.3) is 0 Å². The Bertz CT molecular complexity index is 431. The Morgan fingerprint density at radius 2 is 1.84 bits per heavy atom. The fourth-order valence-electron chi connectivity index (χ4n) is 2.97. The maximum absolute atomic E-state index is 4.56. The zero-order valence-electron chi connectivity index (χ0n) is 11.5. The number of hydrogen-bond acceptors (Lipinski definition) is 4. The Morgan fingerprint density at radius 1 is 1.16 bits per heavy atom. The van der Waals surface area contributed by atoms with Crippen LogP contribution in [0.15, 0.2) is 6.33 Å². The van der Waals surface area contributed by atoms with Crippen molar-refractivity contribution in [3.05, 3.63) is 17.6 Å². The van der Waals surface area contributed by atoms with Gasteiger partial charge in [0.1, 0.15) is 12.1 Å². The van der Waals surface area contributed by atoms with E-state index >= 15 is 0 Å². The van der Waals surface area contributed by atoms with E-state index in [2.05, 4.69) is 34.0 Å². The number of nitrogens with one attached hydrogen (secondary N) is 1. The van der Waals surface area contributed by atoms with E-state index in [1.807, 2.05) is 0 Å². The number of piperazine rings is 1. The number of aryl methyl sites for hydroxylation is 1. The molecule has 1 N–H and O–H groups in total. The molecule has 1 aliphatic heterocycles. The molecular formula is C13H22Cl2N4. The van der Waals surface area contributed by atoms with Crippen LogP contribution in [0.2, 0.25) is 0 Å². The summed E-state index contributed by atoms with van der Waals surface area (Å²) in [5.41, 5.74) is 2.89. The fourth-order valence-corrected chi connectivity index (χ4v) is 2.97. The van der Waals surface area contributed by atoms with Gasteiger partial charge >= 0.3 is 0 Å². The summed E-state index contributed by atoms with van der Waals surface area (Å²) < 4.78 is 0. The molecule has 0 spiro atoms. The molecule has 2 heterocycles. The minimum Gasteiger partial charge on any atom is -0.354 e. The number of aromatic nitrogens is 2. The summed E-state index contributed by atoms with van der Waals surface area (Å²) in [5.74, 6) is 1.18. The SMILES string of the molecule is CC1(C)CCc2ncnc(N3CCNCC3)c21.Cl.Cl. The summed E-state index contributed by atoms with van der Waals surface area (Å²) in [4.78, 5) is 11.4. The highest BCUT2D eigenvalue weighted by Gasteiger charge is 2.35. The summed E-state index contributed by atoms with van der Waals surface area (Å²) in [6, 6.07) is 0. The van der Waals surface area contributed by atoms with Crippen LogP contribution in [0.1, 0.15) is 31.5 Å². The normalized spacial score (nSPS) is 20.2. The molecule has 6 heteroatoms. The van der Waals surface area contributed by atoms with Crippen LogP contribution >= 0.6 is 24.8 Å². The van der Waals surface area contributed by atoms with Gasteiger partial charge in [0.05, 0.1) is 0 Å². The van der Waals surface area contributed by atoms with Crippen molar-refractivity contribution in [3.63, 3.8) is 0 Å². The van der Waals surface area contributed by atoms with Gasteiger partial charge in [0.25, 0.3) is 0 Å². The zero-order valence-corrected chi connectivity index (χ0v) is 13.1. The van der Waals surface area contributed by atoms with Crippen molar-refractivity contribution in [2.24, 2.45) is 0 Å². The third kappa shape index (κ3) is 2.96. The van der Waals surface area contributed by atoms with Crippen molar-refractivity contribution in [1.82, 2.24) is 15.3 Å². The van der Waals surface area contributed by atoms with Crippen molar-refractivity contribution in [1.29, 1.82) is 0 Å². The lowest BCUT2D eigenvalue weighted by Crippen LogP contribution is -2.44. The van der Waals surface area contributed by atoms with Gasteiger partial charge in [0, 0.05) is 37.4 Å². The Hall–Kier alpha value is -0.580. The van der Waals surface area contributed by atoms with Crippen molar-refractivity contribution in [3.8, 4) is 0 Å². The van der Waals surface area contributed by atoms with Gasteiger partial charge in [-0.15, -0.1) is 24.8 Å². The van der Waals surface area contributed by atoms with E-state index in [0.29, 0.717) is 0 Å². The smallest absolute Gasteiger partial charge is 0.136 e. The van der Waals surface area contributed by atoms with Gasteiger partial charge in [0.15, 0.2) is 0 Å². The molecule has 1 aromatic rings. The summed E-state index contributed by atoms with van der Waals surface area (Å²) in [5, 5.41) is 3.39. The van der Waals surface area contributed by atoms with Gasteiger partial charge in [-0.2, -0.15) is 0 Å². The molecule has 2 aliphatic rings. The fraction of sp³-hybridized carbons (Fsp3) is 0.692. The summed E-state index contributed by atoms with van der Waals surface area (Å²) in [7, 11) is 0. The molecule has 0 aromatic carbocycles. The van der Waals surface area contributed by atoms with Crippen LogP contribution in [0, 0.1) is 0 Å². The van der Waals surface area contributed by atoms with Crippen molar-refractivity contribution in [2.45, 2.75) is 32.1 Å². The second-order valence-corrected chi connectivity index (χ2v) is 5.64. The summed E-state index contributed by atoms with van der Waals surface area (Å²) in [6.45, 7) is 8.85. The second-order valence-electron chi connectivity index (χ2n) is 5.64. The third-order valence-corrected chi connectivity index (χ3v) is 3.99. The van der Waals surface area contributed by atoms with Gasteiger partial charge in [-0.1, -0.05) is 13.8 Å². The molecular weight excluding hydrogens is 283 g/mol. The molecule has 1 aromatic heterocycles. The van der Waals surface area contributed by atoms with Crippen LogP contribution in [0.4, 0.5) is 5.82 Å². The van der Waals surface area contributed by atoms with Crippen LogP contribution in [0.5, 0.6) is 0 Å². The Morgan fingerprint density at radius 3 is 2.53 bits per heavy atom. The molecule has 108 valence electrons. The minimum atomic E-state index is 0. The maximum atomic E-state index is 4.56. The number of anilines is 1. The number of halogens is 2. The molecule has 0 amide bonds. The van der Waals surface area contributed by atoms with E-state index in [4.69, 9.17) is 0 Å². The average Bonchev–Trinajstić information content (AvgIpc) is 2.67. The van der Waals surface area contributed by atoms with E-state index < -0.39 is 0 Å². The molecule has 3 rings (SSSR count). The minimum absolute atomic E-state index is 0. The molecule has 19 heavy (non-hydrogen) atoms.